The van der Waals surface area contributed by atoms with Gasteiger partial charge in [-0.05, 0) is 55.7 Å². The van der Waals surface area contributed by atoms with Gasteiger partial charge >= 0.3 is 0 Å². The van der Waals surface area contributed by atoms with Crippen LogP contribution in [0.3, 0.4) is 0 Å². The van der Waals surface area contributed by atoms with Crippen molar-refractivity contribution in [3.8, 4) is 0 Å². The van der Waals surface area contributed by atoms with E-state index in [4.69, 9.17) is 11.6 Å². The first kappa shape index (κ1) is 27.1. The Balaban J connectivity index is 2.39. The molecule has 0 saturated carbocycles. The van der Waals surface area contributed by atoms with Gasteiger partial charge in [0.2, 0.25) is 21.8 Å². The minimum absolute atomic E-state index is 0.144. The van der Waals surface area contributed by atoms with Crippen LogP contribution in [0.15, 0.2) is 46.9 Å². The molecule has 0 unspecified atom stereocenters. The van der Waals surface area contributed by atoms with Crippen LogP contribution < -0.4 is 9.62 Å². The summed E-state index contributed by atoms with van der Waals surface area (Å²) in [6, 6.07) is 11.4. The number of amides is 2. The Hall–Kier alpha value is -2.10. The summed E-state index contributed by atoms with van der Waals surface area (Å²) in [5, 5.41) is 3.20. The number of sulfonamides is 1. The van der Waals surface area contributed by atoms with Gasteiger partial charge in [-0.2, -0.15) is 0 Å². The van der Waals surface area contributed by atoms with E-state index in [1.807, 2.05) is 31.2 Å². The van der Waals surface area contributed by atoms with Crippen LogP contribution >= 0.6 is 27.5 Å². The van der Waals surface area contributed by atoms with Crippen molar-refractivity contribution in [3.63, 3.8) is 0 Å². The lowest BCUT2D eigenvalue weighted by atomic mass is 10.1. The number of hydrogen-bond acceptors (Lipinski definition) is 4. The number of aryl methyl sites for hydroxylation is 1. The molecule has 0 aliphatic heterocycles. The fraction of sp³-hybridized carbons (Fsp3) is 0.391. The van der Waals surface area contributed by atoms with Crippen LogP contribution in [-0.2, 0) is 26.2 Å². The molecule has 0 fully saturated rings. The molecular weight excluding hydrogens is 530 g/mol. The molecule has 2 rings (SSSR count). The number of halogens is 2. The maximum Gasteiger partial charge on any atom is 0.244 e. The first-order valence-corrected chi connectivity index (χ1v) is 13.5. The van der Waals surface area contributed by atoms with Crippen LogP contribution in [-0.4, -0.2) is 50.5 Å². The summed E-state index contributed by atoms with van der Waals surface area (Å²) < 4.78 is 27.0. The van der Waals surface area contributed by atoms with Crippen LogP contribution in [0, 0.1) is 6.92 Å². The van der Waals surface area contributed by atoms with E-state index in [1.54, 1.807) is 26.0 Å². The van der Waals surface area contributed by atoms with Gasteiger partial charge in [0.1, 0.15) is 12.6 Å². The summed E-state index contributed by atoms with van der Waals surface area (Å²) in [5.41, 5.74) is 1.88. The highest BCUT2D eigenvalue weighted by Crippen LogP contribution is 2.25. The molecule has 0 aliphatic carbocycles. The van der Waals surface area contributed by atoms with Crippen molar-refractivity contribution in [2.24, 2.45) is 0 Å². The van der Waals surface area contributed by atoms with E-state index in [9.17, 15) is 18.0 Å². The third-order valence-electron chi connectivity index (χ3n) is 5.08. The lowest BCUT2D eigenvalue weighted by Crippen LogP contribution is -2.51. The summed E-state index contributed by atoms with van der Waals surface area (Å²) in [6.45, 7) is 5.54. The number of carbonyl (C=O) groups excluding carboxylic acids is 2. The number of anilines is 1. The summed E-state index contributed by atoms with van der Waals surface area (Å²) in [4.78, 5) is 27.5. The molecule has 180 valence electrons. The molecule has 0 saturated heterocycles. The fourth-order valence-corrected chi connectivity index (χ4v) is 4.62. The van der Waals surface area contributed by atoms with Crippen LogP contribution in [0.4, 0.5) is 5.69 Å². The number of nitrogens with one attached hydrogen (secondary N) is 1. The fourth-order valence-electron chi connectivity index (χ4n) is 3.16. The van der Waals surface area contributed by atoms with Crippen LogP contribution in [0.25, 0.3) is 0 Å². The zero-order valence-corrected chi connectivity index (χ0v) is 22.3. The van der Waals surface area contributed by atoms with E-state index in [1.165, 1.54) is 11.0 Å². The zero-order chi connectivity index (χ0) is 24.8. The molecule has 2 amide bonds. The molecule has 0 spiro atoms. The van der Waals surface area contributed by atoms with Gasteiger partial charge in [0.05, 0.1) is 11.9 Å². The molecule has 33 heavy (non-hydrogen) atoms. The largest absolute Gasteiger partial charge is 0.354 e. The van der Waals surface area contributed by atoms with Crippen molar-refractivity contribution >= 4 is 55.1 Å². The minimum atomic E-state index is -3.80. The predicted molar refractivity (Wildman–Crippen MR) is 136 cm³/mol. The predicted octanol–water partition coefficient (Wildman–Crippen LogP) is 4.12. The van der Waals surface area contributed by atoms with Crippen LogP contribution in [0.2, 0.25) is 5.02 Å². The minimum Gasteiger partial charge on any atom is -0.354 e. The molecular formula is C23H29BrClN3O4S. The van der Waals surface area contributed by atoms with Gasteiger partial charge in [-0.1, -0.05) is 52.7 Å². The first-order chi connectivity index (χ1) is 15.4. The van der Waals surface area contributed by atoms with Crippen molar-refractivity contribution in [3.05, 3.63) is 63.1 Å². The Bertz CT molecular complexity index is 1110. The molecule has 1 atom stereocenters. The highest BCUT2D eigenvalue weighted by molar-refractivity contribution is 9.10. The average Bonchev–Trinajstić information content (AvgIpc) is 2.74. The molecule has 2 aromatic rings. The summed E-state index contributed by atoms with van der Waals surface area (Å²) in [7, 11) is -3.80. The molecule has 0 aromatic heterocycles. The number of hydrogen-bond donors (Lipinski definition) is 1. The Morgan fingerprint density at radius 1 is 1.18 bits per heavy atom. The van der Waals surface area contributed by atoms with E-state index in [2.05, 4.69) is 21.2 Å². The van der Waals surface area contributed by atoms with E-state index >= 15 is 0 Å². The molecule has 10 heteroatoms. The molecule has 0 aliphatic rings. The lowest BCUT2D eigenvalue weighted by Gasteiger charge is -2.31. The van der Waals surface area contributed by atoms with Crippen molar-refractivity contribution in [1.82, 2.24) is 10.2 Å². The Kier molecular flexibility index (Phi) is 9.75. The third kappa shape index (κ3) is 7.72. The second kappa shape index (κ2) is 11.9. The monoisotopic (exact) mass is 557 g/mol. The highest BCUT2D eigenvalue weighted by Gasteiger charge is 2.30. The van der Waals surface area contributed by atoms with Gasteiger partial charge in [0.15, 0.2) is 0 Å². The maximum atomic E-state index is 13.4. The highest BCUT2D eigenvalue weighted by atomic mass is 79.9. The van der Waals surface area contributed by atoms with Crippen molar-refractivity contribution in [1.29, 1.82) is 0 Å². The van der Waals surface area contributed by atoms with Gasteiger partial charge < -0.3 is 10.2 Å². The third-order valence-corrected chi connectivity index (χ3v) is 7.12. The number of benzene rings is 2. The van der Waals surface area contributed by atoms with Gasteiger partial charge in [-0.3, -0.25) is 13.9 Å². The van der Waals surface area contributed by atoms with E-state index in [0.29, 0.717) is 11.6 Å². The molecule has 0 radical (unpaired) electrons. The number of carbonyl (C=O) groups is 2. The maximum absolute atomic E-state index is 13.4. The Labute approximate surface area is 209 Å². The number of rotatable bonds is 10. The summed E-state index contributed by atoms with van der Waals surface area (Å²) in [6.07, 6.45) is 1.79. The van der Waals surface area contributed by atoms with E-state index in [0.717, 1.165) is 32.6 Å². The Morgan fingerprint density at radius 3 is 2.45 bits per heavy atom. The first-order valence-electron chi connectivity index (χ1n) is 10.5. The lowest BCUT2D eigenvalue weighted by molar-refractivity contribution is -0.139. The second-order valence-electron chi connectivity index (χ2n) is 7.82. The van der Waals surface area contributed by atoms with Crippen LogP contribution in [0.5, 0.6) is 0 Å². The zero-order valence-electron chi connectivity index (χ0n) is 19.1. The SMILES string of the molecule is CCCNC(=O)[C@H](C)N(Cc1cccc(Br)c1)C(=O)CN(c1ccc(C)c(Cl)c1)S(C)(=O)=O. The van der Waals surface area contributed by atoms with Crippen LogP contribution in [0.1, 0.15) is 31.4 Å². The summed E-state index contributed by atoms with van der Waals surface area (Å²) in [5.74, 6) is -0.805. The smallest absolute Gasteiger partial charge is 0.244 e. The molecule has 7 nitrogen and oxygen atoms in total. The average molecular weight is 559 g/mol. The Morgan fingerprint density at radius 2 is 1.88 bits per heavy atom. The van der Waals surface area contributed by atoms with Gasteiger partial charge in [0, 0.05) is 22.6 Å². The molecule has 2 aromatic carbocycles. The topological polar surface area (TPSA) is 86.8 Å². The standard InChI is InChI=1S/C23H29BrClN3O4S/c1-5-11-26-23(30)17(3)27(14-18-7-6-8-19(24)12-18)22(29)15-28(33(4,31)32)20-10-9-16(2)21(25)13-20/h6-10,12-13,17H,5,11,14-15H2,1-4H3,(H,26,30)/t17-/m0/s1. The molecule has 0 heterocycles. The van der Waals surface area contributed by atoms with E-state index < -0.39 is 28.5 Å². The van der Waals surface area contributed by atoms with Crippen molar-refractivity contribution in [2.75, 3.05) is 23.7 Å². The molecule has 1 N–H and O–H groups in total. The van der Waals surface area contributed by atoms with Gasteiger partial charge in [-0.25, -0.2) is 8.42 Å². The van der Waals surface area contributed by atoms with Gasteiger partial charge in [-0.15, -0.1) is 0 Å². The summed E-state index contributed by atoms with van der Waals surface area (Å²) >= 11 is 9.61. The second-order valence-corrected chi connectivity index (χ2v) is 11.1. The number of nitrogens with zero attached hydrogens (tertiary/aromatic N) is 2. The van der Waals surface area contributed by atoms with E-state index in [-0.39, 0.29) is 18.1 Å². The van der Waals surface area contributed by atoms with Crippen molar-refractivity contribution < 1.29 is 18.0 Å². The normalized spacial score (nSPS) is 12.2. The molecule has 0 bridgehead atoms. The van der Waals surface area contributed by atoms with Gasteiger partial charge in [0.25, 0.3) is 0 Å². The van der Waals surface area contributed by atoms with Crippen molar-refractivity contribution in [2.45, 2.75) is 39.8 Å². The quantitative estimate of drug-likeness (QED) is 0.475.